The van der Waals surface area contributed by atoms with Crippen LogP contribution in [0, 0.1) is 0 Å². The molecule has 3 aromatic rings. The van der Waals surface area contributed by atoms with Gasteiger partial charge < -0.3 is 33.3 Å². The zero-order valence-electron chi connectivity index (χ0n) is 28.4. The van der Waals surface area contributed by atoms with Crippen LogP contribution in [0.2, 0.25) is 0 Å². The molecule has 0 radical (unpaired) electrons. The van der Waals surface area contributed by atoms with Gasteiger partial charge in [-0.1, -0.05) is 24.3 Å². The summed E-state index contributed by atoms with van der Waals surface area (Å²) in [6.45, 7) is 7.24. The normalized spacial score (nSPS) is 16.6. The smallest absolute Gasteiger partial charge is 0.410 e. The Bertz CT molecular complexity index is 1730. The molecule has 1 aromatic heterocycles. The van der Waals surface area contributed by atoms with Crippen molar-refractivity contribution in [3.63, 3.8) is 0 Å². The van der Waals surface area contributed by atoms with E-state index in [1.165, 1.54) is 0 Å². The van der Waals surface area contributed by atoms with E-state index in [1.807, 2.05) is 24.3 Å². The molecule has 0 spiro atoms. The molecule has 0 N–H and O–H groups in total. The molecule has 0 fully saturated rings. The second kappa shape index (κ2) is 14.1. The molecular formula is C37H43F2N3O7. The molecule has 49 heavy (non-hydrogen) atoms. The number of fused-ring (bicyclic) bond motifs is 3. The first-order valence-electron chi connectivity index (χ1n) is 16.9. The molecule has 3 aliphatic heterocycles. The molecule has 0 aliphatic carbocycles. The van der Waals surface area contributed by atoms with Crippen molar-refractivity contribution in [1.29, 1.82) is 0 Å². The molecular weight excluding hydrogens is 636 g/mol. The molecule has 4 heterocycles. The summed E-state index contributed by atoms with van der Waals surface area (Å²) in [5, 5.41) is 0. The molecule has 3 aliphatic rings. The van der Waals surface area contributed by atoms with Crippen LogP contribution in [-0.2, 0) is 35.4 Å². The predicted molar refractivity (Wildman–Crippen MR) is 177 cm³/mol. The highest BCUT2D eigenvalue weighted by molar-refractivity contribution is 6.03. The summed E-state index contributed by atoms with van der Waals surface area (Å²) in [7, 11) is 0. The number of benzene rings is 2. The Morgan fingerprint density at radius 2 is 1.76 bits per heavy atom. The number of carbonyl (C=O) groups is 3. The minimum atomic E-state index is -2.75. The van der Waals surface area contributed by atoms with Crippen molar-refractivity contribution in [2.24, 2.45) is 0 Å². The Hall–Kier alpha value is -4.61. The summed E-state index contributed by atoms with van der Waals surface area (Å²) >= 11 is 0. The van der Waals surface area contributed by atoms with E-state index in [0.717, 1.165) is 34.6 Å². The molecule has 0 saturated carbocycles. The highest BCUT2D eigenvalue weighted by atomic mass is 19.3. The number of aromatic nitrogens is 1. The van der Waals surface area contributed by atoms with E-state index in [9.17, 15) is 23.2 Å². The van der Waals surface area contributed by atoms with Crippen LogP contribution in [0.3, 0.4) is 0 Å². The molecule has 0 bridgehead atoms. The van der Waals surface area contributed by atoms with E-state index in [-0.39, 0.29) is 38.8 Å². The van der Waals surface area contributed by atoms with Crippen LogP contribution in [0.4, 0.5) is 13.6 Å². The molecule has 0 unspecified atom stereocenters. The lowest BCUT2D eigenvalue weighted by Crippen LogP contribution is -2.47. The van der Waals surface area contributed by atoms with Gasteiger partial charge in [-0.3, -0.25) is 4.79 Å². The SMILES string of the molecule is CCOC(=O)c1cc(-c2cc3c(cc2C(=O)N2Cc4ccccc4C[C@H]2CCN(CC(F)F)C(=O)OC(C)(C)C)OCO3)n2c1CCCC2. The van der Waals surface area contributed by atoms with Gasteiger partial charge in [0.15, 0.2) is 11.5 Å². The lowest BCUT2D eigenvalue weighted by atomic mass is 9.90. The number of alkyl halides is 2. The first-order chi connectivity index (χ1) is 23.4. The number of halogens is 2. The fourth-order valence-electron chi connectivity index (χ4n) is 6.91. The summed E-state index contributed by atoms with van der Waals surface area (Å²) in [5.41, 5.74) is 4.21. The number of amides is 2. The van der Waals surface area contributed by atoms with Crippen molar-refractivity contribution in [3.8, 4) is 22.8 Å². The summed E-state index contributed by atoms with van der Waals surface area (Å²) < 4.78 is 51.6. The third-order valence-corrected chi connectivity index (χ3v) is 9.13. The van der Waals surface area contributed by atoms with Gasteiger partial charge >= 0.3 is 12.1 Å². The molecule has 262 valence electrons. The summed E-state index contributed by atoms with van der Waals surface area (Å²) in [5.74, 6) is 0.245. The minimum absolute atomic E-state index is 0.0110. The molecule has 0 saturated heterocycles. The van der Waals surface area contributed by atoms with Crippen LogP contribution in [0.5, 0.6) is 11.5 Å². The lowest BCUT2D eigenvalue weighted by Gasteiger charge is -2.38. The average molecular weight is 680 g/mol. The molecule has 2 aromatic carbocycles. The van der Waals surface area contributed by atoms with Crippen molar-refractivity contribution in [2.75, 3.05) is 26.5 Å². The third kappa shape index (κ3) is 7.38. The monoisotopic (exact) mass is 679 g/mol. The summed E-state index contributed by atoms with van der Waals surface area (Å²) in [6.07, 6.45) is -0.284. The van der Waals surface area contributed by atoms with Crippen molar-refractivity contribution >= 4 is 18.0 Å². The Kier molecular flexibility index (Phi) is 9.85. The van der Waals surface area contributed by atoms with Crippen molar-refractivity contribution in [3.05, 3.63) is 70.4 Å². The highest BCUT2D eigenvalue weighted by Gasteiger charge is 2.35. The highest BCUT2D eigenvalue weighted by Crippen LogP contribution is 2.42. The maximum absolute atomic E-state index is 14.9. The minimum Gasteiger partial charge on any atom is -0.462 e. The maximum atomic E-state index is 14.9. The molecule has 1 atom stereocenters. The van der Waals surface area contributed by atoms with E-state index in [4.69, 9.17) is 18.9 Å². The van der Waals surface area contributed by atoms with Gasteiger partial charge in [0.25, 0.3) is 12.3 Å². The fraction of sp³-hybridized carbons (Fsp3) is 0.486. The van der Waals surface area contributed by atoms with E-state index in [0.29, 0.717) is 53.3 Å². The van der Waals surface area contributed by atoms with Crippen molar-refractivity contribution < 1.29 is 42.1 Å². The summed E-state index contributed by atoms with van der Waals surface area (Å²) in [4.78, 5) is 43.7. The van der Waals surface area contributed by atoms with Gasteiger partial charge in [-0.15, -0.1) is 0 Å². The van der Waals surface area contributed by atoms with Crippen LogP contribution in [0.15, 0.2) is 42.5 Å². The van der Waals surface area contributed by atoms with Crippen LogP contribution in [0.25, 0.3) is 11.3 Å². The molecule has 12 heteroatoms. The second-order valence-corrected chi connectivity index (χ2v) is 13.6. The van der Waals surface area contributed by atoms with Crippen molar-refractivity contribution in [2.45, 2.75) is 91.0 Å². The van der Waals surface area contributed by atoms with Crippen molar-refractivity contribution in [1.82, 2.24) is 14.4 Å². The van der Waals surface area contributed by atoms with Gasteiger partial charge in [0, 0.05) is 36.9 Å². The Labute approximate surface area is 284 Å². The standard InChI is InChI=1S/C37H43F2N3O7/c1-5-46-35(44)28-17-30(41-14-9-8-12-29(28)41)26-18-31-32(48-22-47-31)19-27(26)34(43)42-20-24-11-7-6-10-23(24)16-25(42)13-15-40(21-33(38)39)36(45)49-37(2,3)4/h6-7,10-11,17-19,25,33H,5,8-9,12-16,20-22H2,1-4H3/t25-/m1/s1. The third-order valence-electron chi connectivity index (χ3n) is 9.13. The lowest BCUT2D eigenvalue weighted by molar-refractivity contribution is 0.00792. The number of nitrogens with zero attached hydrogens (tertiary/aromatic N) is 3. The van der Waals surface area contributed by atoms with Gasteiger partial charge in [-0.05, 0) is 89.1 Å². The van der Waals surface area contributed by atoms with Crippen LogP contribution >= 0.6 is 0 Å². The summed E-state index contributed by atoms with van der Waals surface area (Å²) in [6, 6.07) is 12.7. The van der Waals surface area contributed by atoms with E-state index < -0.39 is 36.7 Å². The molecule has 2 amide bonds. The second-order valence-electron chi connectivity index (χ2n) is 13.6. The Morgan fingerprint density at radius 1 is 1.02 bits per heavy atom. The number of hydrogen-bond acceptors (Lipinski definition) is 7. The van der Waals surface area contributed by atoms with E-state index >= 15 is 0 Å². The van der Waals surface area contributed by atoms with Gasteiger partial charge in [-0.2, -0.15) is 0 Å². The van der Waals surface area contributed by atoms with Crippen LogP contribution in [-0.4, -0.2) is 76.9 Å². The first-order valence-corrected chi connectivity index (χ1v) is 16.9. The average Bonchev–Trinajstić information content (AvgIpc) is 3.69. The fourth-order valence-corrected chi connectivity index (χ4v) is 6.91. The Balaban J connectivity index is 1.39. The van der Waals surface area contributed by atoms with Gasteiger partial charge in [-0.25, -0.2) is 18.4 Å². The van der Waals surface area contributed by atoms with Gasteiger partial charge in [0.2, 0.25) is 6.79 Å². The van der Waals surface area contributed by atoms with Crippen LogP contribution in [0.1, 0.15) is 84.5 Å². The van der Waals surface area contributed by atoms with Crippen LogP contribution < -0.4 is 9.47 Å². The molecule has 6 rings (SSSR count). The quantitative estimate of drug-likeness (QED) is 0.228. The first kappa shape index (κ1) is 34.3. The number of ether oxygens (including phenoxy) is 4. The molecule has 10 nitrogen and oxygen atoms in total. The maximum Gasteiger partial charge on any atom is 0.410 e. The number of esters is 1. The predicted octanol–water partition coefficient (Wildman–Crippen LogP) is 6.86. The number of hydrogen-bond donors (Lipinski definition) is 0. The number of carbonyl (C=O) groups excluding carboxylic acids is 3. The van der Waals surface area contributed by atoms with Gasteiger partial charge in [0.05, 0.1) is 30.0 Å². The van der Waals surface area contributed by atoms with E-state index in [1.54, 1.807) is 50.8 Å². The number of rotatable bonds is 9. The van der Waals surface area contributed by atoms with E-state index in [2.05, 4.69) is 4.57 Å². The zero-order valence-corrected chi connectivity index (χ0v) is 28.4. The topological polar surface area (TPSA) is 99.5 Å². The Morgan fingerprint density at radius 3 is 2.47 bits per heavy atom. The largest absolute Gasteiger partial charge is 0.462 e. The zero-order chi connectivity index (χ0) is 34.9. The van der Waals surface area contributed by atoms with Gasteiger partial charge in [0.1, 0.15) is 5.60 Å².